The van der Waals surface area contributed by atoms with Crippen LogP contribution in [0.15, 0.2) is 23.1 Å². The molecule has 0 bridgehead atoms. The number of carbonyl (C=O) groups excluding carboxylic acids is 2. The maximum Gasteiger partial charge on any atom is 0.265 e. The average molecular weight is 299 g/mol. The minimum atomic E-state index is -3.88. The molecule has 4 N–H and O–H groups in total. The van der Waals surface area contributed by atoms with Gasteiger partial charge in [0.15, 0.2) is 6.10 Å². The summed E-state index contributed by atoms with van der Waals surface area (Å²) in [5, 5.41) is 2.54. The van der Waals surface area contributed by atoms with E-state index >= 15 is 0 Å². The molecule has 0 aliphatic carbocycles. The van der Waals surface area contributed by atoms with Gasteiger partial charge in [0.25, 0.3) is 5.91 Å². The van der Waals surface area contributed by atoms with Crippen LogP contribution >= 0.6 is 0 Å². The minimum Gasteiger partial charge on any atom is -0.479 e. The van der Waals surface area contributed by atoms with E-state index in [1.807, 2.05) is 4.72 Å². The molecule has 20 heavy (non-hydrogen) atoms. The van der Waals surface area contributed by atoms with Crippen molar-refractivity contribution in [3.8, 4) is 5.75 Å². The van der Waals surface area contributed by atoms with Gasteiger partial charge < -0.3 is 15.8 Å². The van der Waals surface area contributed by atoms with Crippen molar-refractivity contribution in [3.05, 3.63) is 18.2 Å². The summed E-state index contributed by atoms with van der Waals surface area (Å²) in [7, 11) is -3.88. The van der Waals surface area contributed by atoms with Crippen molar-refractivity contribution in [2.45, 2.75) is 17.9 Å². The van der Waals surface area contributed by atoms with Crippen LogP contribution in [0.4, 0.5) is 5.69 Å². The molecule has 0 saturated carbocycles. The van der Waals surface area contributed by atoms with Crippen LogP contribution in [-0.4, -0.2) is 32.9 Å². The second-order valence-electron chi connectivity index (χ2n) is 4.20. The Hall–Kier alpha value is -2.13. The van der Waals surface area contributed by atoms with E-state index in [1.54, 1.807) is 6.92 Å². The van der Waals surface area contributed by atoms with Crippen LogP contribution in [0.5, 0.6) is 5.75 Å². The molecule has 9 heteroatoms. The van der Waals surface area contributed by atoms with Crippen LogP contribution in [0.3, 0.4) is 0 Å². The van der Waals surface area contributed by atoms with Gasteiger partial charge in [-0.2, -0.15) is 0 Å². The SMILES string of the molecule is CC1Oc2ccc(S(=O)(=O)NCC(N)=O)cc2NC1=O. The lowest BCUT2D eigenvalue weighted by Gasteiger charge is -2.23. The van der Waals surface area contributed by atoms with Crippen molar-refractivity contribution in [3.63, 3.8) is 0 Å². The van der Waals surface area contributed by atoms with Crippen molar-refractivity contribution in [1.82, 2.24) is 4.72 Å². The largest absolute Gasteiger partial charge is 0.479 e. The monoisotopic (exact) mass is 299 g/mol. The molecule has 1 unspecified atom stereocenters. The minimum absolute atomic E-state index is 0.101. The second-order valence-corrected chi connectivity index (χ2v) is 5.97. The van der Waals surface area contributed by atoms with Gasteiger partial charge in [0, 0.05) is 0 Å². The molecule has 0 aromatic heterocycles. The van der Waals surface area contributed by atoms with Gasteiger partial charge in [0.05, 0.1) is 17.1 Å². The van der Waals surface area contributed by atoms with Gasteiger partial charge in [0.1, 0.15) is 5.75 Å². The van der Waals surface area contributed by atoms with Gasteiger partial charge in [0.2, 0.25) is 15.9 Å². The first-order valence-corrected chi connectivity index (χ1v) is 7.17. The maximum atomic E-state index is 11.9. The summed E-state index contributed by atoms with van der Waals surface area (Å²) in [4.78, 5) is 22.0. The molecule has 1 aliphatic rings. The Bertz CT molecular complexity index is 671. The molecule has 8 nitrogen and oxygen atoms in total. The number of sulfonamides is 1. The van der Waals surface area contributed by atoms with Gasteiger partial charge >= 0.3 is 0 Å². The third-order valence-electron chi connectivity index (χ3n) is 2.63. The predicted octanol–water partition coefficient (Wildman–Crippen LogP) is -0.830. The number of nitrogens with two attached hydrogens (primary N) is 1. The number of benzene rings is 1. The number of rotatable bonds is 4. The molecule has 1 aromatic rings. The second kappa shape index (κ2) is 5.10. The third-order valence-corrected chi connectivity index (χ3v) is 4.03. The van der Waals surface area contributed by atoms with Gasteiger partial charge in [-0.25, -0.2) is 13.1 Å². The van der Waals surface area contributed by atoms with Gasteiger partial charge in [-0.15, -0.1) is 0 Å². The van der Waals surface area contributed by atoms with E-state index in [2.05, 4.69) is 5.32 Å². The van der Waals surface area contributed by atoms with E-state index in [0.29, 0.717) is 5.75 Å². The van der Waals surface area contributed by atoms with E-state index in [0.717, 1.165) is 0 Å². The zero-order chi connectivity index (χ0) is 14.9. The van der Waals surface area contributed by atoms with Crippen LogP contribution in [-0.2, 0) is 19.6 Å². The Morgan fingerprint density at radius 3 is 2.85 bits per heavy atom. The van der Waals surface area contributed by atoms with E-state index in [9.17, 15) is 18.0 Å². The molecular weight excluding hydrogens is 286 g/mol. The molecule has 0 radical (unpaired) electrons. The maximum absolute atomic E-state index is 11.9. The van der Waals surface area contributed by atoms with Gasteiger partial charge in [-0.3, -0.25) is 9.59 Å². The highest BCUT2D eigenvalue weighted by Gasteiger charge is 2.25. The molecule has 1 heterocycles. The third kappa shape index (κ3) is 2.89. The Balaban J connectivity index is 2.29. The predicted molar refractivity (Wildman–Crippen MR) is 69.5 cm³/mol. The Kier molecular flexibility index (Phi) is 3.64. The Morgan fingerprint density at radius 1 is 1.50 bits per heavy atom. The normalized spacial score (nSPS) is 17.9. The van der Waals surface area contributed by atoms with E-state index in [-0.39, 0.29) is 16.5 Å². The van der Waals surface area contributed by atoms with Gasteiger partial charge in [-0.1, -0.05) is 0 Å². The fourth-order valence-electron chi connectivity index (χ4n) is 1.60. The van der Waals surface area contributed by atoms with Crippen LogP contribution in [0.25, 0.3) is 0 Å². The molecule has 1 aromatic carbocycles. The van der Waals surface area contributed by atoms with Crippen LogP contribution in [0.2, 0.25) is 0 Å². The Labute approximate surface area is 115 Å². The summed E-state index contributed by atoms with van der Waals surface area (Å²) in [5.41, 5.74) is 5.14. The first-order chi connectivity index (χ1) is 9.29. The molecule has 1 atom stereocenters. The van der Waals surface area contributed by atoms with Crippen LogP contribution in [0.1, 0.15) is 6.92 Å². The topological polar surface area (TPSA) is 128 Å². The lowest BCUT2D eigenvalue weighted by molar-refractivity contribution is -0.122. The first-order valence-electron chi connectivity index (χ1n) is 5.69. The van der Waals surface area contributed by atoms with E-state index in [1.165, 1.54) is 18.2 Å². The van der Waals surface area contributed by atoms with E-state index < -0.39 is 28.6 Å². The standard InChI is InChI=1S/C11H13N3O5S/c1-6-11(16)14-8-4-7(2-3-9(8)19-6)20(17,18)13-5-10(12)15/h2-4,6,13H,5H2,1H3,(H2,12,15)(H,14,16). The molecule has 108 valence electrons. The smallest absolute Gasteiger partial charge is 0.265 e. The molecule has 0 saturated heterocycles. The van der Waals surface area contributed by atoms with Crippen LogP contribution < -0.4 is 20.5 Å². The first kappa shape index (κ1) is 14.3. The van der Waals surface area contributed by atoms with Gasteiger partial charge in [-0.05, 0) is 25.1 Å². The van der Waals surface area contributed by atoms with Crippen molar-refractivity contribution in [2.75, 3.05) is 11.9 Å². The van der Waals surface area contributed by atoms with E-state index in [4.69, 9.17) is 10.5 Å². The quantitative estimate of drug-likeness (QED) is 0.668. The zero-order valence-electron chi connectivity index (χ0n) is 10.5. The highest BCUT2D eigenvalue weighted by molar-refractivity contribution is 7.89. The molecule has 0 spiro atoms. The highest BCUT2D eigenvalue weighted by Crippen LogP contribution is 2.31. The zero-order valence-corrected chi connectivity index (χ0v) is 11.4. The lowest BCUT2D eigenvalue weighted by Crippen LogP contribution is -2.35. The summed E-state index contributed by atoms with van der Waals surface area (Å²) < 4.78 is 31.1. The molecule has 2 amide bonds. The number of fused-ring (bicyclic) bond motifs is 1. The molecule has 0 fully saturated rings. The molecule has 1 aliphatic heterocycles. The molecule has 2 rings (SSSR count). The number of ether oxygens (including phenoxy) is 1. The lowest BCUT2D eigenvalue weighted by atomic mass is 10.2. The fourth-order valence-corrected chi connectivity index (χ4v) is 2.62. The number of amides is 2. The number of nitrogens with one attached hydrogen (secondary N) is 2. The van der Waals surface area contributed by atoms with Crippen molar-refractivity contribution in [2.24, 2.45) is 5.73 Å². The fraction of sp³-hybridized carbons (Fsp3) is 0.273. The average Bonchev–Trinajstić information content (AvgIpc) is 2.37. The summed E-state index contributed by atoms with van der Waals surface area (Å²) >= 11 is 0. The summed E-state index contributed by atoms with van der Waals surface area (Å²) in [6, 6.07) is 4.00. The number of anilines is 1. The van der Waals surface area contributed by atoms with Crippen molar-refractivity contribution < 1.29 is 22.7 Å². The van der Waals surface area contributed by atoms with Crippen molar-refractivity contribution >= 4 is 27.5 Å². The number of carbonyl (C=O) groups is 2. The highest BCUT2D eigenvalue weighted by atomic mass is 32.2. The summed E-state index contributed by atoms with van der Waals surface area (Å²) in [5.74, 6) is -0.778. The summed E-state index contributed by atoms with van der Waals surface area (Å²) in [6.07, 6.45) is -0.641. The number of hydrogen-bond donors (Lipinski definition) is 3. The van der Waals surface area contributed by atoms with Crippen molar-refractivity contribution in [1.29, 1.82) is 0 Å². The molecular formula is C11H13N3O5S. The number of hydrogen-bond acceptors (Lipinski definition) is 5. The Morgan fingerprint density at radius 2 is 2.20 bits per heavy atom. The van der Waals surface area contributed by atoms with Crippen LogP contribution in [0, 0.1) is 0 Å². The summed E-state index contributed by atoms with van der Waals surface area (Å²) in [6.45, 7) is 1.08. The number of primary amides is 1.